The zero-order valence-electron chi connectivity index (χ0n) is 15.0. The molecule has 4 rings (SSSR count). The Labute approximate surface area is 148 Å². The summed E-state index contributed by atoms with van der Waals surface area (Å²) in [7, 11) is 1.95. The molecule has 7 nitrogen and oxygen atoms in total. The average Bonchev–Trinajstić information content (AvgIpc) is 3.22. The first-order valence-electron chi connectivity index (χ1n) is 9.32. The third-order valence-corrected chi connectivity index (χ3v) is 5.71. The first kappa shape index (κ1) is 17.0. The summed E-state index contributed by atoms with van der Waals surface area (Å²) in [5, 5.41) is 4.26. The van der Waals surface area contributed by atoms with Crippen molar-refractivity contribution >= 4 is 5.91 Å². The van der Waals surface area contributed by atoms with Gasteiger partial charge in [0.25, 0.3) is 5.91 Å². The molecule has 0 N–H and O–H groups in total. The molecule has 2 atom stereocenters. The Hall–Kier alpha value is -1.44. The summed E-state index contributed by atoms with van der Waals surface area (Å²) < 4.78 is 13.2. The van der Waals surface area contributed by atoms with E-state index in [0.717, 1.165) is 32.5 Å². The number of hydrogen-bond acceptors (Lipinski definition) is 5. The number of amides is 1. The lowest BCUT2D eigenvalue weighted by molar-refractivity contribution is -0.144. The average molecular weight is 348 g/mol. The zero-order valence-corrected chi connectivity index (χ0v) is 15.0. The number of rotatable bonds is 3. The first-order chi connectivity index (χ1) is 12.1. The fraction of sp³-hybridized carbons (Fsp3) is 0.778. The molecule has 3 saturated heterocycles. The van der Waals surface area contributed by atoms with Gasteiger partial charge in [-0.3, -0.25) is 14.4 Å². The van der Waals surface area contributed by atoms with Gasteiger partial charge in [0.1, 0.15) is 6.10 Å². The molecule has 0 aromatic carbocycles. The number of aryl methyl sites for hydroxylation is 1. The molecule has 3 aliphatic heterocycles. The summed E-state index contributed by atoms with van der Waals surface area (Å²) in [6.45, 7) is 6.42. The van der Waals surface area contributed by atoms with Crippen molar-refractivity contribution in [2.24, 2.45) is 12.5 Å². The molecule has 0 aliphatic carbocycles. The monoisotopic (exact) mass is 348 g/mol. The molecular formula is C18H28N4O3. The summed E-state index contributed by atoms with van der Waals surface area (Å²) in [6, 6.07) is 0. The molecule has 2 unspecified atom stereocenters. The van der Waals surface area contributed by atoms with Crippen LogP contribution in [0, 0.1) is 5.41 Å². The standard InChI is InChI=1S/C18H28N4O3/c1-20-11-15(10-19-20)12-21-4-2-3-18(13-21)9-16(25-14-18)17(23)22-5-7-24-8-6-22/h10-11,16H,2-9,12-14H2,1H3. The van der Waals surface area contributed by atoms with E-state index in [1.807, 2.05) is 22.8 Å². The fourth-order valence-electron chi connectivity index (χ4n) is 4.48. The van der Waals surface area contributed by atoms with Crippen LogP contribution in [0.4, 0.5) is 0 Å². The van der Waals surface area contributed by atoms with Gasteiger partial charge in [0.2, 0.25) is 0 Å². The maximum atomic E-state index is 12.7. The highest BCUT2D eigenvalue weighted by atomic mass is 16.5. The van der Waals surface area contributed by atoms with Gasteiger partial charge < -0.3 is 14.4 Å². The first-order valence-corrected chi connectivity index (χ1v) is 9.32. The van der Waals surface area contributed by atoms with Crippen LogP contribution in [0.1, 0.15) is 24.8 Å². The number of piperidine rings is 1. The topological polar surface area (TPSA) is 59.8 Å². The van der Waals surface area contributed by atoms with Gasteiger partial charge in [0, 0.05) is 50.4 Å². The zero-order chi connectivity index (χ0) is 17.3. The predicted molar refractivity (Wildman–Crippen MR) is 91.9 cm³/mol. The van der Waals surface area contributed by atoms with Crippen molar-refractivity contribution in [2.45, 2.75) is 31.9 Å². The lowest BCUT2D eigenvalue weighted by atomic mass is 9.78. The lowest BCUT2D eigenvalue weighted by Gasteiger charge is -2.39. The van der Waals surface area contributed by atoms with Gasteiger partial charge in [-0.15, -0.1) is 0 Å². The van der Waals surface area contributed by atoms with Gasteiger partial charge in [-0.25, -0.2) is 0 Å². The van der Waals surface area contributed by atoms with Gasteiger partial charge in [-0.1, -0.05) is 0 Å². The summed E-state index contributed by atoms with van der Waals surface area (Å²) in [5.41, 5.74) is 1.38. The molecule has 0 saturated carbocycles. The highest BCUT2D eigenvalue weighted by molar-refractivity contribution is 5.81. The largest absolute Gasteiger partial charge is 0.378 e. The third-order valence-electron chi connectivity index (χ3n) is 5.71. The number of ether oxygens (including phenoxy) is 2. The van der Waals surface area contributed by atoms with E-state index < -0.39 is 0 Å². The third kappa shape index (κ3) is 3.73. The minimum Gasteiger partial charge on any atom is -0.378 e. The smallest absolute Gasteiger partial charge is 0.251 e. The minimum atomic E-state index is -0.267. The van der Waals surface area contributed by atoms with Crippen molar-refractivity contribution in [3.05, 3.63) is 18.0 Å². The maximum Gasteiger partial charge on any atom is 0.251 e. The molecule has 3 fully saturated rings. The molecule has 1 aromatic heterocycles. The van der Waals surface area contributed by atoms with Crippen molar-refractivity contribution in [1.29, 1.82) is 0 Å². The van der Waals surface area contributed by atoms with Crippen molar-refractivity contribution in [1.82, 2.24) is 19.6 Å². The Balaban J connectivity index is 1.36. The van der Waals surface area contributed by atoms with Crippen LogP contribution in [0.3, 0.4) is 0 Å². The van der Waals surface area contributed by atoms with E-state index in [-0.39, 0.29) is 17.4 Å². The van der Waals surface area contributed by atoms with Crippen LogP contribution in [-0.4, -0.2) is 77.6 Å². The number of aromatic nitrogens is 2. The Morgan fingerprint density at radius 1 is 1.36 bits per heavy atom. The number of morpholine rings is 1. The normalized spacial score (nSPS) is 30.9. The Bertz CT molecular complexity index is 613. The van der Waals surface area contributed by atoms with Crippen LogP contribution in [0.2, 0.25) is 0 Å². The summed E-state index contributed by atoms with van der Waals surface area (Å²) in [4.78, 5) is 17.1. The Kier molecular flexibility index (Phi) is 4.80. The fourth-order valence-corrected chi connectivity index (χ4v) is 4.48. The van der Waals surface area contributed by atoms with Gasteiger partial charge in [0.05, 0.1) is 26.0 Å². The molecular weight excluding hydrogens is 320 g/mol. The number of carbonyl (C=O) groups is 1. The van der Waals surface area contributed by atoms with Crippen molar-refractivity contribution in [3.8, 4) is 0 Å². The van der Waals surface area contributed by atoms with Crippen LogP contribution in [-0.2, 0) is 27.9 Å². The van der Waals surface area contributed by atoms with Crippen LogP contribution < -0.4 is 0 Å². The lowest BCUT2D eigenvalue weighted by Crippen LogP contribution is -2.46. The molecule has 0 bridgehead atoms. The van der Waals surface area contributed by atoms with Crippen molar-refractivity contribution < 1.29 is 14.3 Å². The van der Waals surface area contributed by atoms with Crippen molar-refractivity contribution in [3.63, 3.8) is 0 Å². The molecule has 138 valence electrons. The quantitative estimate of drug-likeness (QED) is 0.803. The highest BCUT2D eigenvalue weighted by Gasteiger charge is 2.46. The molecule has 1 aromatic rings. The van der Waals surface area contributed by atoms with Gasteiger partial charge >= 0.3 is 0 Å². The second-order valence-electron chi connectivity index (χ2n) is 7.78. The summed E-state index contributed by atoms with van der Waals surface area (Å²) >= 11 is 0. The number of nitrogens with zero attached hydrogens (tertiary/aromatic N) is 4. The Morgan fingerprint density at radius 2 is 2.20 bits per heavy atom. The van der Waals surface area contributed by atoms with Crippen LogP contribution >= 0.6 is 0 Å². The number of carbonyl (C=O) groups excluding carboxylic acids is 1. The molecule has 1 spiro atoms. The molecule has 25 heavy (non-hydrogen) atoms. The summed E-state index contributed by atoms with van der Waals surface area (Å²) in [5.74, 6) is 0.157. The highest BCUT2D eigenvalue weighted by Crippen LogP contribution is 2.41. The number of likely N-dealkylation sites (tertiary alicyclic amines) is 1. The SMILES string of the molecule is Cn1cc(CN2CCCC3(COC(C(=O)N4CCOCC4)C3)C2)cn1. The van der Waals surface area contributed by atoms with E-state index in [2.05, 4.69) is 16.2 Å². The van der Waals surface area contributed by atoms with Crippen LogP contribution in [0.5, 0.6) is 0 Å². The number of hydrogen-bond donors (Lipinski definition) is 0. The molecule has 0 radical (unpaired) electrons. The van der Waals surface area contributed by atoms with E-state index in [4.69, 9.17) is 9.47 Å². The summed E-state index contributed by atoms with van der Waals surface area (Å²) in [6.07, 6.45) is 6.93. The minimum absolute atomic E-state index is 0.132. The van der Waals surface area contributed by atoms with E-state index in [1.165, 1.54) is 12.0 Å². The maximum absolute atomic E-state index is 12.7. The van der Waals surface area contributed by atoms with Gasteiger partial charge in [-0.2, -0.15) is 5.10 Å². The second kappa shape index (κ2) is 7.05. The molecule has 1 amide bonds. The van der Waals surface area contributed by atoms with E-state index in [9.17, 15) is 4.79 Å². The molecule has 4 heterocycles. The predicted octanol–water partition coefficient (Wildman–Crippen LogP) is 0.650. The van der Waals surface area contributed by atoms with E-state index in [1.54, 1.807) is 0 Å². The molecule has 3 aliphatic rings. The Morgan fingerprint density at radius 3 is 2.96 bits per heavy atom. The van der Waals surface area contributed by atoms with Gasteiger partial charge in [-0.05, 0) is 25.8 Å². The van der Waals surface area contributed by atoms with E-state index in [0.29, 0.717) is 32.9 Å². The van der Waals surface area contributed by atoms with Crippen LogP contribution in [0.15, 0.2) is 12.4 Å². The van der Waals surface area contributed by atoms with Crippen molar-refractivity contribution in [2.75, 3.05) is 46.0 Å². The van der Waals surface area contributed by atoms with Crippen LogP contribution in [0.25, 0.3) is 0 Å². The van der Waals surface area contributed by atoms with E-state index >= 15 is 0 Å². The second-order valence-corrected chi connectivity index (χ2v) is 7.78. The molecule has 7 heteroatoms. The van der Waals surface area contributed by atoms with Gasteiger partial charge in [0.15, 0.2) is 0 Å².